The van der Waals surface area contributed by atoms with Gasteiger partial charge in [-0.2, -0.15) is 0 Å². The number of rotatable bonds is 3. The van der Waals surface area contributed by atoms with Crippen molar-refractivity contribution in [2.75, 3.05) is 7.11 Å². The summed E-state index contributed by atoms with van der Waals surface area (Å²) in [6.07, 6.45) is 1.60. The van der Waals surface area contributed by atoms with E-state index in [0.29, 0.717) is 34.8 Å². The Bertz CT molecular complexity index is 987. The van der Waals surface area contributed by atoms with E-state index in [0.717, 1.165) is 11.3 Å². The molecule has 2 aromatic carbocycles. The van der Waals surface area contributed by atoms with Crippen LogP contribution in [0.3, 0.4) is 0 Å². The van der Waals surface area contributed by atoms with Crippen LogP contribution in [0.5, 0.6) is 5.75 Å². The molecule has 0 fully saturated rings. The Morgan fingerprint density at radius 1 is 1.12 bits per heavy atom. The lowest BCUT2D eigenvalue weighted by atomic mass is 9.89. The van der Waals surface area contributed by atoms with E-state index in [1.807, 2.05) is 24.3 Å². The summed E-state index contributed by atoms with van der Waals surface area (Å²) in [6, 6.07) is 14.7. The Kier molecular flexibility index (Phi) is 3.57. The molecule has 1 N–H and O–H groups in total. The number of methoxy groups -OCH3 is 1. The number of ether oxygens (including phenoxy) is 1. The molecule has 25 heavy (non-hydrogen) atoms. The number of nitrogens with zero attached hydrogens (tertiary/aromatic N) is 3. The van der Waals surface area contributed by atoms with Gasteiger partial charge in [0.15, 0.2) is 0 Å². The number of hydrogen-bond acceptors (Lipinski definition) is 5. The van der Waals surface area contributed by atoms with Crippen LogP contribution in [0.25, 0.3) is 0 Å². The summed E-state index contributed by atoms with van der Waals surface area (Å²) >= 11 is 0. The number of hydrogen-bond donors (Lipinski definition) is 1. The summed E-state index contributed by atoms with van der Waals surface area (Å²) in [6.45, 7) is 0.485. The Hall–Kier alpha value is -3.41. The van der Waals surface area contributed by atoms with Gasteiger partial charge in [-0.3, -0.25) is 4.79 Å². The van der Waals surface area contributed by atoms with Gasteiger partial charge in [-0.05, 0) is 17.7 Å². The molecule has 1 aromatic heterocycles. The molecule has 0 unspecified atom stereocenters. The summed E-state index contributed by atoms with van der Waals surface area (Å²) in [4.78, 5) is 17.2. The fraction of sp³-hybridized carbons (Fsp3) is 0.105. The molecule has 1 aliphatic carbocycles. The first-order valence-corrected chi connectivity index (χ1v) is 7.77. The first-order chi connectivity index (χ1) is 12.2. The second-order valence-corrected chi connectivity index (χ2v) is 5.74. The Morgan fingerprint density at radius 3 is 2.52 bits per heavy atom. The van der Waals surface area contributed by atoms with Gasteiger partial charge in [0, 0.05) is 17.7 Å². The zero-order chi connectivity index (χ0) is 17.4. The molecule has 0 spiro atoms. The molecular formula is C19H15N3O3. The summed E-state index contributed by atoms with van der Waals surface area (Å²) in [5.74, 6) is 0.653. The number of aromatic nitrogens is 2. The Morgan fingerprint density at radius 2 is 1.84 bits per heavy atom. The topological polar surface area (TPSA) is 76.7 Å². The second-order valence-electron chi connectivity index (χ2n) is 5.74. The Balaban J connectivity index is 1.77. The van der Waals surface area contributed by atoms with Gasteiger partial charge in [-0.25, -0.2) is 4.98 Å². The number of ketones is 1. The first kappa shape index (κ1) is 15.1. The Labute approximate surface area is 144 Å². The van der Waals surface area contributed by atoms with Crippen LogP contribution in [0.1, 0.15) is 32.9 Å². The molecule has 0 aliphatic heterocycles. The van der Waals surface area contributed by atoms with E-state index < -0.39 is 0 Å². The van der Waals surface area contributed by atoms with Crippen molar-refractivity contribution < 1.29 is 14.7 Å². The highest BCUT2D eigenvalue weighted by molar-refractivity contribution is 6.28. The summed E-state index contributed by atoms with van der Waals surface area (Å²) < 4.78 is 6.94. The number of imidazole rings is 1. The third-order valence-electron chi connectivity index (χ3n) is 4.32. The van der Waals surface area contributed by atoms with Gasteiger partial charge in [0.1, 0.15) is 22.8 Å². The van der Waals surface area contributed by atoms with Gasteiger partial charge in [0.05, 0.1) is 13.4 Å². The maximum atomic E-state index is 12.9. The van der Waals surface area contributed by atoms with Gasteiger partial charge in [-0.1, -0.05) is 41.6 Å². The number of carbonyl (C=O) groups is 1. The SMILES string of the molecule is COc1ccc(Cn2cnc3c2C(=O)c2ccccc2C3=NO)cc1. The molecule has 1 aliphatic rings. The lowest BCUT2D eigenvalue weighted by molar-refractivity contribution is 0.102. The van der Waals surface area contributed by atoms with E-state index in [1.54, 1.807) is 42.3 Å². The van der Waals surface area contributed by atoms with Gasteiger partial charge >= 0.3 is 0 Å². The molecule has 3 aromatic rings. The van der Waals surface area contributed by atoms with E-state index in [1.165, 1.54) is 0 Å². The molecule has 0 saturated carbocycles. The number of oxime groups is 1. The molecule has 124 valence electrons. The molecule has 6 nitrogen and oxygen atoms in total. The van der Waals surface area contributed by atoms with Crippen LogP contribution in [0.4, 0.5) is 0 Å². The summed E-state index contributed by atoms with van der Waals surface area (Å²) in [5.41, 5.74) is 3.27. The van der Waals surface area contributed by atoms with E-state index in [2.05, 4.69) is 10.1 Å². The first-order valence-electron chi connectivity index (χ1n) is 7.77. The number of fused-ring (bicyclic) bond motifs is 2. The molecule has 0 bridgehead atoms. The minimum absolute atomic E-state index is 0.121. The predicted octanol–water partition coefficient (Wildman–Crippen LogP) is 2.71. The lowest BCUT2D eigenvalue weighted by Gasteiger charge is -2.17. The van der Waals surface area contributed by atoms with Crippen molar-refractivity contribution in [3.8, 4) is 5.75 Å². The van der Waals surface area contributed by atoms with Crippen LogP contribution < -0.4 is 4.74 Å². The largest absolute Gasteiger partial charge is 0.497 e. The smallest absolute Gasteiger partial charge is 0.212 e. The molecule has 0 saturated heterocycles. The van der Waals surface area contributed by atoms with Crippen LogP contribution in [0.15, 0.2) is 60.0 Å². The summed E-state index contributed by atoms with van der Waals surface area (Å²) in [5, 5.41) is 12.8. The van der Waals surface area contributed by atoms with Crippen molar-refractivity contribution in [3.63, 3.8) is 0 Å². The second kappa shape index (κ2) is 5.90. The average Bonchev–Trinajstić information content (AvgIpc) is 3.07. The monoisotopic (exact) mass is 333 g/mol. The third kappa shape index (κ3) is 2.39. The zero-order valence-electron chi connectivity index (χ0n) is 13.5. The summed E-state index contributed by atoms with van der Waals surface area (Å²) in [7, 11) is 1.62. The number of benzene rings is 2. The molecule has 0 amide bonds. The third-order valence-corrected chi connectivity index (χ3v) is 4.32. The van der Waals surface area contributed by atoms with Gasteiger partial charge in [0.2, 0.25) is 5.78 Å². The molecule has 6 heteroatoms. The molecule has 4 rings (SSSR count). The fourth-order valence-corrected chi connectivity index (χ4v) is 3.09. The van der Waals surface area contributed by atoms with Crippen LogP contribution in [0.2, 0.25) is 0 Å². The molecular weight excluding hydrogens is 318 g/mol. The number of carbonyl (C=O) groups excluding carboxylic acids is 1. The maximum Gasteiger partial charge on any atom is 0.212 e. The van der Waals surface area contributed by atoms with Crippen LogP contribution >= 0.6 is 0 Å². The van der Waals surface area contributed by atoms with Gasteiger partial charge in [-0.15, -0.1) is 0 Å². The van der Waals surface area contributed by atoms with Crippen molar-refractivity contribution in [2.45, 2.75) is 6.54 Å². The van der Waals surface area contributed by atoms with Crippen molar-refractivity contribution in [2.24, 2.45) is 5.16 Å². The van der Waals surface area contributed by atoms with Crippen molar-refractivity contribution >= 4 is 11.5 Å². The minimum Gasteiger partial charge on any atom is -0.497 e. The molecule has 0 radical (unpaired) electrons. The van der Waals surface area contributed by atoms with Crippen molar-refractivity contribution in [1.29, 1.82) is 0 Å². The van der Waals surface area contributed by atoms with Crippen LogP contribution in [-0.2, 0) is 6.54 Å². The highest BCUT2D eigenvalue weighted by Gasteiger charge is 2.32. The van der Waals surface area contributed by atoms with E-state index in [4.69, 9.17) is 4.74 Å². The van der Waals surface area contributed by atoms with Gasteiger partial charge in [0.25, 0.3) is 0 Å². The highest BCUT2D eigenvalue weighted by Crippen LogP contribution is 2.27. The fourth-order valence-electron chi connectivity index (χ4n) is 3.09. The van der Waals surface area contributed by atoms with Crippen molar-refractivity contribution in [3.05, 3.63) is 82.9 Å². The molecule has 0 atom stereocenters. The van der Waals surface area contributed by atoms with Crippen LogP contribution in [0, 0.1) is 0 Å². The van der Waals surface area contributed by atoms with E-state index >= 15 is 0 Å². The van der Waals surface area contributed by atoms with Gasteiger partial charge < -0.3 is 14.5 Å². The van der Waals surface area contributed by atoms with E-state index in [-0.39, 0.29) is 5.78 Å². The van der Waals surface area contributed by atoms with E-state index in [9.17, 15) is 10.0 Å². The average molecular weight is 333 g/mol. The highest BCUT2D eigenvalue weighted by atomic mass is 16.5. The quantitative estimate of drug-likeness (QED) is 0.462. The zero-order valence-corrected chi connectivity index (χ0v) is 13.5. The van der Waals surface area contributed by atoms with Crippen LogP contribution in [-0.4, -0.2) is 33.4 Å². The minimum atomic E-state index is -0.121. The predicted molar refractivity (Wildman–Crippen MR) is 91.6 cm³/mol. The maximum absolute atomic E-state index is 12.9. The van der Waals surface area contributed by atoms with Crippen molar-refractivity contribution in [1.82, 2.24) is 9.55 Å². The standard InChI is InChI=1S/C19H15N3O3/c1-25-13-8-6-12(7-9-13)10-22-11-20-17-16(21-24)14-4-2-3-5-15(14)19(23)18(17)22/h2-9,11,24H,10H2,1H3. The lowest BCUT2D eigenvalue weighted by Crippen LogP contribution is -2.24. The molecule has 1 heterocycles. The normalized spacial score (nSPS) is 14.3.